The number of aliphatic carboxylic acids is 1. The summed E-state index contributed by atoms with van der Waals surface area (Å²) in [6, 6.07) is 2.51. The number of carboxylic acids is 1. The Morgan fingerprint density at radius 3 is 2.44 bits per heavy atom. The average Bonchev–Trinajstić information content (AvgIpc) is 2.35. The van der Waals surface area contributed by atoms with Crippen molar-refractivity contribution < 1.29 is 19.4 Å². The molecule has 5 nitrogen and oxygen atoms in total. The summed E-state index contributed by atoms with van der Waals surface area (Å²) in [5.74, 6) is 0.0323. The molecule has 1 aromatic carbocycles. The Labute approximate surface area is 111 Å². The predicted octanol–water partition coefficient (Wildman–Crippen LogP) is 2.63. The summed E-state index contributed by atoms with van der Waals surface area (Å²) in [4.78, 5) is 11.0. The lowest BCUT2D eigenvalue weighted by Gasteiger charge is -2.17. The van der Waals surface area contributed by atoms with Gasteiger partial charge in [-0.25, -0.2) is 4.79 Å². The first-order chi connectivity index (χ1) is 8.53. The molecule has 100 valence electrons. The molecule has 1 aromatic rings. The summed E-state index contributed by atoms with van der Waals surface area (Å²) in [6.45, 7) is 1.78. The van der Waals surface area contributed by atoms with Gasteiger partial charge in [-0.05, 0) is 12.5 Å². The molecule has 0 aliphatic heterocycles. The van der Waals surface area contributed by atoms with Crippen molar-refractivity contribution >= 4 is 23.3 Å². The number of hydrogen-bond donors (Lipinski definition) is 2. The van der Waals surface area contributed by atoms with E-state index in [-0.39, 0.29) is 0 Å². The van der Waals surface area contributed by atoms with Gasteiger partial charge in [-0.15, -0.1) is 0 Å². The zero-order valence-corrected chi connectivity index (χ0v) is 11.2. The maximum absolute atomic E-state index is 11.0. The molecule has 0 fully saturated rings. The summed E-state index contributed by atoms with van der Waals surface area (Å²) in [7, 11) is 3.00. The molecule has 0 amide bonds. The molecule has 18 heavy (non-hydrogen) atoms. The smallest absolute Gasteiger partial charge is 0.326 e. The molecular formula is C12H16ClNO4. The van der Waals surface area contributed by atoms with E-state index in [9.17, 15) is 4.79 Å². The molecule has 0 saturated carbocycles. The highest BCUT2D eigenvalue weighted by Crippen LogP contribution is 2.36. The van der Waals surface area contributed by atoms with E-state index in [1.807, 2.05) is 0 Å². The van der Waals surface area contributed by atoms with Crippen LogP contribution in [0.4, 0.5) is 5.69 Å². The molecule has 0 spiro atoms. The van der Waals surface area contributed by atoms with E-state index in [0.717, 1.165) is 0 Å². The quantitative estimate of drug-likeness (QED) is 0.834. The van der Waals surface area contributed by atoms with Crippen molar-refractivity contribution in [2.75, 3.05) is 19.5 Å². The standard InChI is InChI=1S/C12H16ClNO4/c1-4-8(12(15)16)14-9-5-7(13)10(17-2)6-11(9)18-3/h5-6,8,14H,4H2,1-3H3,(H,15,16). The molecule has 0 saturated heterocycles. The van der Waals surface area contributed by atoms with Gasteiger partial charge < -0.3 is 19.9 Å². The molecule has 1 atom stereocenters. The maximum atomic E-state index is 11.0. The number of benzene rings is 1. The SMILES string of the molecule is CCC(Nc1cc(Cl)c(OC)cc1OC)C(=O)O. The number of halogens is 1. The Balaban J connectivity index is 3.07. The molecular weight excluding hydrogens is 258 g/mol. The fourth-order valence-corrected chi connectivity index (χ4v) is 1.74. The van der Waals surface area contributed by atoms with Gasteiger partial charge in [0.2, 0.25) is 0 Å². The van der Waals surface area contributed by atoms with E-state index in [0.29, 0.717) is 28.6 Å². The topological polar surface area (TPSA) is 67.8 Å². The summed E-state index contributed by atoms with van der Waals surface area (Å²) in [5.41, 5.74) is 0.526. The van der Waals surface area contributed by atoms with Crippen molar-refractivity contribution in [3.63, 3.8) is 0 Å². The fraction of sp³-hybridized carbons (Fsp3) is 0.417. The second kappa shape index (κ2) is 6.35. The Morgan fingerprint density at radius 1 is 1.39 bits per heavy atom. The second-order valence-corrected chi connectivity index (χ2v) is 4.04. The van der Waals surface area contributed by atoms with E-state index >= 15 is 0 Å². The van der Waals surface area contributed by atoms with Gasteiger partial charge >= 0.3 is 5.97 Å². The first kappa shape index (κ1) is 14.4. The normalized spacial score (nSPS) is 11.8. The van der Waals surface area contributed by atoms with Crippen LogP contribution >= 0.6 is 11.6 Å². The fourth-order valence-electron chi connectivity index (χ4n) is 1.50. The van der Waals surface area contributed by atoms with Crippen LogP contribution in [0.2, 0.25) is 5.02 Å². The number of methoxy groups -OCH3 is 2. The molecule has 1 unspecified atom stereocenters. The van der Waals surface area contributed by atoms with Crippen LogP contribution < -0.4 is 14.8 Å². The zero-order valence-electron chi connectivity index (χ0n) is 10.5. The Hall–Kier alpha value is -1.62. The minimum Gasteiger partial charge on any atom is -0.495 e. The van der Waals surface area contributed by atoms with Crippen LogP contribution in [-0.2, 0) is 4.79 Å². The molecule has 0 aliphatic rings. The van der Waals surface area contributed by atoms with Gasteiger partial charge in [-0.2, -0.15) is 0 Å². The van der Waals surface area contributed by atoms with Crippen LogP contribution in [0, 0.1) is 0 Å². The van der Waals surface area contributed by atoms with Gasteiger partial charge in [-0.3, -0.25) is 0 Å². The molecule has 0 aromatic heterocycles. The summed E-state index contributed by atoms with van der Waals surface area (Å²) >= 11 is 6.00. The summed E-state index contributed by atoms with van der Waals surface area (Å²) in [5, 5.41) is 12.3. The van der Waals surface area contributed by atoms with Crippen molar-refractivity contribution in [2.24, 2.45) is 0 Å². The monoisotopic (exact) mass is 273 g/mol. The second-order valence-electron chi connectivity index (χ2n) is 3.63. The van der Waals surface area contributed by atoms with E-state index in [1.54, 1.807) is 19.1 Å². The number of anilines is 1. The first-order valence-electron chi connectivity index (χ1n) is 5.44. The maximum Gasteiger partial charge on any atom is 0.326 e. The third-order valence-corrected chi connectivity index (χ3v) is 2.81. The van der Waals surface area contributed by atoms with Crippen molar-refractivity contribution in [3.05, 3.63) is 17.2 Å². The third-order valence-electron chi connectivity index (χ3n) is 2.51. The van der Waals surface area contributed by atoms with E-state index < -0.39 is 12.0 Å². The number of ether oxygens (including phenoxy) is 2. The van der Waals surface area contributed by atoms with Crippen molar-refractivity contribution in [1.29, 1.82) is 0 Å². The largest absolute Gasteiger partial charge is 0.495 e. The summed E-state index contributed by atoms with van der Waals surface area (Å²) in [6.07, 6.45) is 0.447. The van der Waals surface area contributed by atoms with Crippen molar-refractivity contribution in [3.8, 4) is 11.5 Å². The van der Waals surface area contributed by atoms with Gasteiger partial charge in [0.1, 0.15) is 17.5 Å². The average molecular weight is 274 g/mol. The van der Waals surface area contributed by atoms with Crippen LogP contribution in [0.15, 0.2) is 12.1 Å². The highest BCUT2D eigenvalue weighted by atomic mass is 35.5. The molecule has 0 aliphatic carbocycles. The minimum absolute atomic E-state index is 0.390. The molecule has 6 heteroatoms. The van der Waals surface area contributed by atoms with E-state index in [4.69, 9.17) is 26.2 Å². The highest BCUT2D eigenvalue weighted by molar-refractivity contribution is 6.32. The predicted molar refractivity (Wildman–Crippen MR) is 69.9 cm³/mol. The van der Waals surface area contributed by atoms with Gasteiger partial charge in [0.05, 0.1) is 24.9 Å². The molecule has 2 N–H and O–H groups in total. The lowest BCUT2D eigenvalue weighted by Crippen LogP contribution is -2.28. The van der Waals surface area contributed by atoms with Gasteiger partial charge in [0.15, 0.2) is 0 Å². The van der Waals surface area contributed by atoms with E-state index in [2.05, 4.69) is 5.32 Å². The van der Waals surface area contributed by atoms with Crippen LogP contribution in [-0.4, -0.2) is 31.3 Å². The lowest BCUT2D eigenvalue weighted by molar-refractivity contribution is -0.137. The van der Waals surface area contributed by atoms with Crippen LogP contribution in [0.1, 0.15) is 13.3 Å². The van der Waals surface area contributed by atoms with Crippen molar-refractivity contribution in [2.45, 2.75) is 19.4 Å². The summed E-state index contributed by atoms with van der Waals surface area (Å²) < 4.78 is 10.2. The number of carbonyl (C=O) groups is 1. The van der Waals surface area contributed by atoms with Gasteiger partial charge in [-0.1, -0.05) is 18.5 Å². The van der Waals surface area contributed by atoms with Crippen LogP contribution in [0.3, 0.4) is 0 Å². The molecule has 0 bridgehead atoms. The van der Waals surface area contributed by atoms with E-state index in [1.165, 1.54) is 14.2 Å². The van der Waals surface area contributed by atoms with Crippen LogP contribution in [0.5, 0.6) is 11.5 Å². The van der Waals surface area contributed by atoms with Gasteiger partial charge in [0.25, 0.3) is 0 Å². The van der Waals surface area contributed by atoms with Crippen molar-refractivity contribution in [1.82, 2.24) is 0 Å². The Morgan fingerprint density at radius 2 is 2.00 bits per heavy atom. The third kappa shape index (κ3) is 3.20. The highest BCUT2D eigenvalue weighted by Gasteiger charge is 2.18. The minimum atomic E-state index is -0.925. The molecule has 0 heterocycles. The number of rotatable bonds is 6. The lowest BCUT2D eigenvalue weighted by atomic mass is 10.2. The molecule has 0 radical (unpaired) electrons. The van der Waals surface area contributed by atoms with Crippen LogP contribution in [0.25, 0.3) is 0 Å². The zero-order chi connectivity index (χ0) is 13.7. The molecule has 1 rings (SSSR count). The number of nitrogens with one attached hydrogen (secondary N) is 1. The Bertz CT molecular complexity index is 436. The van der Waals surface area contributed by atoms with Gasteiger partial charge in [0, 0.05) is 6.07 Å². The number of carboxylic acid groups (broad SMARTS) is 1. The Kier molecular flexibility index (Phi) is 5.09. The first-order valence-corrected chi connectivity index (χ1v) is 5.82. The number of hydrogen-bond acceptors (Lipinski definition) is 4.